The Labute approximate surface area is 493 Å². The van der Waals surface area contributed by atoms with E-state index in [9.17, 15) is 0 Å². The maximum absolute atomic E-state index is 5.40. The summed E-state index contributed by atoms with van der Waals surface area (Å²) < 4.78 is 0. The second-order valence-electron chi connectivity index (χ2n) is 24.4. The van der Waals surface area contributed by atoms with Crippen LogP contribution in [-0.4, -0.2) is 11.4 Å². The number of aryl methyl sites for hydroxylation is 2. The molecule has 2 aromatic rings. The molecule has 0 spiro atoms. The molecule has 0 saturated carbocycles. The van der Waals surface area contributed by atoms with E-state index in [1.165, 1.54) is 363 Å². The van der Waals surface area contributed by atoms with Crippen LogP contribution in [0.5, 0.6) is 0 Å². The van der Waals surface area contributed by atoms with E-state index < -0.39 is 0 Å². The van der Waals surface area contributed by atoms with Gasteiger partial charge in [0.25, 0.3) is 0 Å². The molecule has 448 valence electrons. The normalized spacial score (nSPS) is 12.0. The summed E-state index contributed by atoms with van der Waals surface area (Å²) in [5.41, 5.74) is 7.54. The van der Waals surface area contributed by atoms with E-state index >= 15 is 0 Å². The number of aliphatic imine (C=N–C) groups is 2. The molecular formula is C74H132N2Ni. The molecule has 0 aliphatic rings. The molecule has 0 fully saturated rings. The maximum atomic E-state index is 5.40. The van der Waals surface area contributed by atoms with Crippen LogP contribution in [0, 0.1) is 0 Å². The quantitative estimate of drug-likeness (QED) is 0.0358. The second kappa shape index (κ2) is 58.9. The third-order valence-corrected chi connectivity index (χ3v) is 16.9. The van der Waals surface area contributed by atoms with Gasteiger partial charge in [-0.1, -0.05) is 360 Å². The number of hydrogen-bond donors (Lipinski definition) is 0. The van der Waals surface area contributed by atoms with Crippen LogP contribution < -0.4 is 0 Å². The maximum Gasteiger partial charge on any atom is 0.0633 e. The van der Waals surface area contributed by atoms with Crippen LogP contribution in [0.2, 0.25) is 0 Å². The summed E-state index contributed by atoms with van der Waals surface area (Å²) in [6, 6.07) is 18.5. The van der Waals surface area contributed by atoms with Crippen molar-refractivity contribution in [3.8, 4) is 0 Å². The summed E-state index contributed by atoms with van der Waals surface area (Å²) in [5.74, 6) is 0. The van der Waals surface area contributed by atoms with Gasteiger partial charge >= 0.3 is 0 Å². The van der Waals surface area contributed by atoms with Crippen molar-refractivity contribution in [2.45, 2.75) is 387 Å². The van der Waals surface area contributed by atoms with Gasteiger partial charge in [0.2, 0.25) is 0 Å². The van der Waals surface area contributed by atoms with Crippen LogP contribution in [0.15, 0.2) is 58.5 Å². The number of unbranched alkanes of at least 4 members (excludes halogenated alkanes) is 48. The van der Waals surface area contributed by atoms with Crippen molar-refractivity contribution in [3.63, 3.8) is 0 Å². The molecule has 0 saturated heterocycles. The average molecular weight is 1110 g/mol. The number of benzene rings is 2. The second-order valence-corrected chi connectivity index (χ2v) is 24.4. The SMILES string of the molecule is CCCCCCCCCCCCCCCCCCCCCCCCc1ccc(N=C(CCCC)C(CCCCCCCC)=Nc2ccc(CCCCCCCCCCCCCCCCCCCCCCCC)cc2)cc1.[Ni]. The van der Waals surface area contributed by atoms with Crippen LogP contribution in [0.4, 0.5) is 11.4 Å². The molecule has 2 aromatic carbocycles. The fraction of sp³-hybridized carbons (Fsp3) is 0.811. The van der Waals surface area contributed by atoms with Gasteiger partial charge in [-0.15, -0.1) is 0 Å². The predicted molar refractivity (Wildman–Crippen MR) is 346 cm³/mol. The van der Waals surface area contributed by atoms with Gasteiger partial charge in [-0.2, -0.15) is 0 Å². The smallest absolute Gasteiger partial charge is 0.0633 e. The predicted octanol–water partition coefficient (Wildman–Crippen LogP) is 26.8. The molecule has 0 radical (unpaired) electrons. The van der Waals surface area contributed by atoms with E-state index in [0.717, 1.165) is 30.6 Å². The first-order valence-electron chi connectivity index (χ1n) is 35.0. The Balaban J connectivity index is 0.0000296. The first-order valence-corrected chi connectivity index (χ1v) is 35.0. The molecule has 0 atom stereocenters. The molecular weight excluding hydrogens is 976 g/mol. The van der Waals surface area contributed by atoms with E-state index in [4.69, 9.17) is 9.98 Å². The summed E-state index contributed by atoms with van der Waals surface area (Å²) in [4.78, 5) is 10.8. The molecule has 0 N–H and O–H groups in total. The topological polar surface area (TPSA) is 24.7 Å². The standard InChI is InChI=1S/C74H132N2.Ni/c1-5-9-13-16-19-21-23-25-27-29-31-33-35-37-39-41-43-45-47-49-51-54-57-69-61-65-71(66-62-69)75-73(59-12-8-4)74(60-56-53-18-15-11-7-3)76-72-67-63-70(64-68-72)58-55-52-50-48-46-44-42-40-38-36-34-32-30-28-26-24-22-20-17-14-10-6-2;/h61-68H,5-60H2,1-4H3;. The van der Waals surface area contributed by atoms with Gasteiger partial charge in [-0.05, 0) is 86.8 Å². The largest absolute Gasteiger partial charge is 0.252 e. The first-order chi connectivity index (χ1) is 37.7. The van der Waals surface area contributed by atoms with Crippen LogP contribution in [0.1, 0.15) is 386 Å². The van der Waals surface area contributed by atoms with Gasteiger partial charge in [0.1, 0.15) is 0 Å². The molecule has 0 aliphatic heterocycles. The van der Waals surface area contributed by atoms with Crippen molar-refractivity contribution in [1.82, 2.24) is 0 Å². The van der Waals surface area contributed by atoms with Gasteiger partial charge in [0, 0.05) is 16.5 Å². The van der Waals surface area contributed by atoms with E-state index in [1.807, 2.05) is 0 Å². The Bertz CT molecular complexity index is 1530. The van der Waals surface area contributed by atoms with Crippen LogP contribution >= 0.6 is 0 Å². The molecule has 0 aromatic heterocycles. The Kier molecular flexibility index (Phi) is 56.1. The average Bonchev–Trinajstić information content (AvgIpc) is 3.44. The van der Waals surface area contributed by atoms with Crippen LogP contribution in [0.25, 0.3) is 0 Å². The molecule has 0 amide bonds. The zero-order valence-electron chi connectivity index (χ0n) is 52.4. The Hall–Kier alpha value is -1.73. The Morgan fingerprint density at radius 3 is 0.623 bits per heavy atom. The molecule has 77 heavy (non-hydrogen) atoms. The molecule has 0 aliphatic carbocycles. The molecule has 0 heterocycles. The minimum Gasteiger partial charge on any atom is -0.252 e. The van der Waals surface area contributed by atoms with Crippen LogP contribution in [-0.2, 0) is 29.3 Å². The van der Waals surface area contributed by atoms with E-state index in [-0.39, 0.29) is 16.5 Å². The minimum atomic E-state index is 0. The van der Waals surface area contributed by atoms with Gasteiger partial charge in [0.05, 0.1) is 22.8 Å². The van der Waals surface area contributed by atoms with Crippen molar-refractivity contribution in [1.29, 1.82) is 0 Å². The zero-order valence-corrected chi connectivity index (χ0v) is 53.4. The van der Waals surface area contributed by atoms with Crippen molar-refractivity contribution in [3.05, 3.63) is 59.7 Å². The number of rotatable bonds is 59. The molecule has 3 heteroatoms. The minimum absolute atomic E-state index is 0. The molecule has 0 bridgehead atoms. The molecule has 2 rings (SSSR count). The Morgan fingerprint density at radius 1 is 0.221 bits per heavy atom. The fourth-order valence-corrected chi connectivity index (χ4v) is 11.6. The summed E-state index contributed by atoms with van der Waals surface area (Å²) >= 11 is 0. The number of hydrogen-bond acceptors (Lipinski definition) is 2. The van der Waals surface area contributed by atoms with Crippen molar-refractivity contribution in [2.24, 2.45) is 9.98 Å². The zero-order chi connectivity index (χ0) is 54.1. The van der Waals surface area contributed by atoms with Crippen LogP contribution in [0.3, 0.4) is 0 Å². The number of nitrogens with zero attached hydrogens (tertiary/aromatic N) is 2. The van der Waals surface area contributed by atoms with E-state index in [1.54, 1.807) is 0 Å². The van der Waals surface area contributed by atoms with Crippen molar-refractivity contribution >= 4 is 22.8 Å². The van der Waals surface area contributed by atoms with Gasteiger partial charge in [0.15, 0.2) is 0 Å². The first kappa shape index (κ1) is 73.3. The van der Waals surface area contributed by atoms with Crippen molar-refractivity contribution < 1.29 is 16.5 Å². The van der Waals surface area contributed by atoms with E-state index in [2.05, 4.69) is 76.2 Å². The summed E-state index contributed by atoms with van der Waals surface area (Å²) in [7, 11) is 0. The monoisotopic (exact) mass is 1110 g/mol. The molecule has 2 nitrogen and oxygen atoms in total. The third kappa shape index (κ3) is 47.6. The van der Waals surface area contributed by atoms with Gasteiger partial charge in [-0.3, -0.25) is 9.98 Å². The third-order valence-electron chi connectivity index (χ3n) is 16.9. The van der Waals surface area contributed by atoms with E-state index in [0.29, 0.717) is 0 Å². The molecule has 0 unspecified atom stereocenters. The fourth-order valence-electron chi connectivity index (χ4n) is 11.6. The van der Waals surface area contributed by atoms with Crippen molar-refractivity contribution in [2.75, 3.05) is 0 Å². The summed E-state index contributed by atoms with van der Waals surface area (Å²) in [6.45, 7) is 9.24. The van der Waals surface area contributed by atoms with Gasteiger partial charge < -0.3 is 0 Å². The van der Waals surface area contributed by atoms with Gasteiger partial charge in [-0.25, -0.2) is 0 Å². The summed E-state index contributed by atoms with van der Waals surface area (Å²) in [5, 5.41) is 0. The summed E-state index contributed by atoms with van der Waals surface area (Å²) in [6.07, 6.45) is 77.9. The Morgan fingerprint density at radius 2 is 0.403 bits per heavy atom.